The summed E-state index contributed by atoms with van der Waals surface area (Å²) in [6.45, 7) is 2.18. The molecule has 0 amide bonds. The molecule has 1 aliphatic rings. The summed E-state index contributed by atoms with van der Waals surface area (Å²) in [5.74, 6) is 0.170. The van der Waals surface area contributed by atoms with Crippen LogP contribution < -0.4 is 0 Å². The third-order valence-corrected chi connectivity index (χ3v) is 5.94. The number of allylic oxidation sites excluding steroid dienone is 2. The molecule has 2 aromatic carbocycles. The average molecular weight is 399 g/mol. The molecular weight excluding hydrogens is 368 g/mol. The zero-order chi connectivity index (χ0) is 20.0. The molecule has 150 valence electrons. The van der Waals surface area contributed by atoms with Crippen molar-refractivity contribution < 1.29 is 12.6 Å². The third-order valence-electron chi connectivity index (χ3n) is 5.32. The lowest BCUT2D eigenvalue weighted by Crippen LogP contribution is -2.20. The summed E-state index contributed by atoms with van der Waals surface area (Å²) in [4.78, 5) is 0. The van der Waals surface area contributed by atoms with Crippen molar-refractivity contribution in [2.24, 2.45) is 0 Å². The van der Waals surface area contributed by atoms with E-state index in [9.17, 15) is 8.42 Å². The van der Waals surface area contributed by atoms with E-state index in [1.807, 2.05) is 0 Å². The number of unbranched alkanes of at least 4 members (excludes halogenated alkanes) is 2. The van der Waals surface area contributed by atoms with Crippen LogP contribution in [0.1, 0.15) is 62.5 Å². The Hall–Kier alpha value is -1.91. The van der Waals surface area contributed by atoms with Gasteiger partial charge in [0.1, 0.15) is 0 Å². The zero-order valence-electron chi connectivity index (χ0n) is 16.8. The van der Waals surface area contributed by atoms with Crippen LogP contribution in [-0.4, -0.2) is 20.8 Å². The van der Waals surface area contributed by atoms with Crippen LogP contribution in [0.4, 0.5) is 0 Å². The maximum Gasteiger partial charge on any atom is 0.264 e. The van der Waals surface area contributed by atoms with Crippen molar-refractivity contribution >= 4 is 10.1 Å². The van der Waals surface area contributed by atoms with Gasteiger partial charge in [-0.15, -0.1) is 0 Å². The molecule has 0 bridgehead atoms. The van der Waals surface area contributed by atoms with Gasteiger partial charge in [0.2, 0.25) is 0 Å². The molecule has 0 aliphatic heterocycles. The molecule has 3 rings (SSSR count). The number of hydrogen-bond donors (Lipinski definition) is 0. The number of benzene rings is 2. The van der Waals surface area contributed by atoms with E-state index in [0.717, 1.165) is 19.1 Å². The summed E-state index contributed by atoms with van der Waals surface area (Å²) in [6, 6.07) is 16.8. The van der Waals surface area contributed by atoms with Crippen molar-refractivity contribution in [3.8, 4) is 11.1 Å². The molecule has 0 heterocycles. The van der Waals surface area contributed by atoms with Crippen molar-refractivity contribution in [3.63, 3.8) is 0 Å². The Morgan fingerprint density at radius 3 is 2.11 bits per heavy atom. The van der Waals surface area contributed by atoms with Crippen LogP contribution in [0.15, 0.2) is 60.7 Å². The minimum absolute atomic E-state index is 0.170. The molecule has 4 heteroatoms. The second-order valence-electron chi connectivity index (χ2n) is 7.58. The molecule has 0 spiro atoms. The Kier molecular flexibility index (Phi) is 7.08. The number of rotatable bonds is 10. The smallest absolute Gasteiger partial charge is 0.264 e. The van der Waals surface area contributed by atoms with Crippen LogP contribution in [0.2, 0.25) is 0 Å². The Balaban J connectivity index is 1.77. The Bertz CT molecular complexity index is 869. The summed E-state index contributed by atoms with van der Waals surface area (Å²) >= 11 is 0. The summed E-state index contributed by atoms with van der Waals surface area (Å²) < 4.78 is 29.2. The quantitative estimate of drug-likeness (QED) is 0.277. The molecule has 2 aromatic rings. The predicted molar refractivity (Wildman–Crippen MR) is 116 cm³/mol. The van der Waals surface area contributed by atoms with E-state index >= 15 is 0 Å². The van der Waals surface area contributed by atoms with Crippen molar-refractivity contribution in [2.75, 3.05) is 6.26 Å². The van der Waals surface area contributed by atoms with Crippen LogP contribution in [0.3, 0.4) is 0 Å². The van der Waals surface area contributed by atoms with Gasteiger partial charge in [-0.2, -0.15) is 8.42 Å². The van der Waals surface area contributed by atoms with Gasteiger partial charge in [0.15, 0.2) is 0 Å². The molecule has 3 nitrogen and oxygen atoms in total. The maximum atomic E-state index is 11.8. The lowest BCUT2D eigenvalue weighted by atomic mass is 9.90. The molecule has 0 N–H and O–H groups in total. The van der Waals surface area contributed by atoms with Crippen LogP contribution in [0, 0.1) is 0 Å². The summed E-state index contributed by atoms with van der Waals surface area (Å²) in [7, 11) is -3.50. The van der Waals surface area contributed by atoms with Gasteiger partial charge in [0, 0.05) is 5.92 Å². The van der Waals surface area contributed by atoms with Gasteiger partial charge in [-0.05, 0) is 47.9 Å². The summed E-state index contributed by atoms with van der Waals surface area (Å²) in [6.07, 6.45) is 10.8. The Labute approximate surface area is 169 Å². The van der Waals surface area contributed by atoms with Gasteiger partial charge >= 0.3 is 0 Å². The first-order valence-corrected chi connectivity index (χ1v) is 12.0. The number of hydrogen-bond acceptors (Lipinski definition) is 3. The first kappa shape index (κ1) is 20.8. The molecule has 1 aliphatic carbocycles. The second-order valence-corrected chi connectivity index (χ2v) is 9.18. The van der Waals surface area contributed by atoms with E-state index in [1.54, 1.807) is 0 Å². The Morgan fingerprint density at radius 2 is 1.54 bits per heavy atom. The minimum Gasteiger partial charge on any atom is -0.267 e. The van der Waals surface area contributed by atoms with E-state index in [-0.39, 0.29) is 12.0 Å². The first-order valence-electron chi connectivity index (χ1n) is 10.2. The fraction of sp³-hybridized carbons (Fsp3) is 0.417. The molecule has 0 fully saturated rings. The van der Waals surface area contributed by atoms with Gasteiger partial charge in [-0.1, -0.05) is 80.4 Å². The average Bonchev–Trinajstić information content (AvgIpc) is 2.98. The van der Waals surface area contributed by atoms with Crippen LogP contribution >= 0.6 is 0 Å². The van der Waals surface area contributed by atoms with Gasteiger partial charge in [-0.25, -0.2) is 0 Å². The second kappa shape index (κ2) is 9.53. The van der Waals surface area contributed by atoms with Crippen molar-refractivity contribution in [2.45, 2.75) is 57.5 Å². The lowest BCUT2D eigenvalue weighted by molar-refractivity contribution is 0.186. The fourth-order valence-electron chi connectivity index (χ4n) is 4.07. The molecule has 0 unspecified atom stereocenters. The lowest BCUT2D eigenvalue weighted by Gasteiger charge is -2.21. The zero-order valence-corrected chi connectivity index (χ0v) is 17.6. The van der Waals surface area contributed by atoms with E-state index in [0.29, 0.717) is 12.8 Å². The highest BCUT2D eigenvalue weighted by Crippen LogP contribution is 2.47. The van der Waals surface area contributed by atoms with Crippen LogP contribution in [0.5, 0.6) is 0 Å². The van der Waals surface area contributed by atoms with Crippen LogP contribution in [-0.2, 0) is 14.3 Å². The van der Waals surface area contributed by atoms with Gasteiger partial charge in [-0.3, -0.25) is 4.18 Å². The highest BCUT2D eigenvalue weighted by molar-refractivity contribution is 7.86. The predicted octanol–water partition coefficient (Wildman–Crippen LogP) is 6.06. The highest BCUT2D eigenvalue weighted by Gasteiger charge is 2.31. The molecule has 0 aromatic heterocycles. The molecule has 0 saturated heterocycles. The molecule has 1 atom stereocenters. The van der Waals surface area contributed by atoms with Gasteiger partial charge in [0.25, 0.3) is 10.1 Å². The molecular formula is C24H30O3S. The van der Waals surface area contributed by atoms with E-state index in [2.05, 4.69) is 67.6 Å². The summed E-state index contributed by atoms with van der Waals surface area (Å²) in [5.41, 5.74) is 5.04. The largest absolute Gasteiger partial charge is 0.267 e. The molecule has 0 saturated carbocycles. The van der Waals surface area contributed by atoms with Crippen molar-refractivity contribution in [1.82, 2.24) is 0 Å². The maximum absolute atomic E-state index is 11.8. The Morgan fingerprint density at radius 1 is 0.964 bits per heavy atom. The highest BCUT2D eigenvalue weighted by atomic mass is 32.2. The van der Waals surface area contributed by atoms with Crippen molar-refractivity contribution in [3.05, 3.63) is 71.8 Å². The monoisotopic (exact) mass is 398 g/mol. The first-order chi connectivity index (χ1) is 13.5. The number of fused-ring (bicyclic) bond motifs is 3. The molecule has 28 heavy (non-hydrogen) atoms. The molecule has 0 radical (unpaired) electrons. The van der Waals surface area contributed by atoms with Crippen LogP contribution in [0.25, 0.3) is 11.1 Å². The normalized spacial score (nSPS) is 14.9. The fourth-order valence-corrected chi connectivity index (χ4v) is 4.74. The van der Waals surface area contributed by atoms with Gasteiger partial charge in [0.05, 0.1) is 12.4 Å². The van der Waals surface area contributed by atoms with E-state index in [1.165, 1.54) is 35.1 Å². The van der Waals surface area contributed by atoms with Crippen molar-refractivity contribution in [1.29, 1.82) is 0 Å². The van der Waals surface area contributed by atoms with E-state index < -0.39 is 10.1 Å². The van der Waals surface area contributed by atoms with E-state index in [4.69, 9.17) is 4.18 Å². The minimum atomic E-state index is -3.50. The third kappa shape index (κ3) is 5.33. The summed E-state index contributed by atoms with van der Waals surface area (Å²) in [5, 5.41) is 0. The van der Waals surface area contributed by atoms with Gasteiger partial charge < -0.3 is 0 Å². The standard InChI is InChI=1S/C24H30O3S/c1-3-4-5-6-7-8-13-19(27-28(2,25)26)18-24-22-16-11-9-14-20(22)21-15-10-12-17-23(21)24/h6-7,9-12,14-17,19,24H,3-5,8,13,18H2,1-2H3/b7-6+/t19-/m0/s1. The topological polar surface area (TPSA) is 43.4 Å². The SMILES string of the molecule is CCCC/C=C/CC[C@@H](CC1c2ccccc2-c2ccccc21)OS(C)(=O)=O.